The molecule has 4 rings (SSSR count). The zero-order valence-electron chi connectivity index (χ0n) is 13.5. The fourth-order valence-corrected chi connectivity index (χ4v) is 2.93. The van der Waals surface area contributed by atoms with Crippen molar-refractivity contribution >= 4 is 5.82 Å². The molecule has 1 aromatic carbocycles. The Morgan fingerprint density at radius 1 is 1.21 bits per heavy atom. The summed E-state index contributed by atoms with van der Waals surface area (Å²) in [5.41, 5.74) is 2.04. The number of fused-ring (bicyclic) bond motifs is 1. The highest BCUT2D eigenvalue weighted by Gasteiger charge is 2.19. The molecule has 0 saturated heterocycles. The Balaban J connectivity index is 1.38. The topological polar surface area (TPSA) is 64.9 Å². The first-order valence-electron chi connectivity index (χ1n) is 8.05. The van der Waals surface area contributed by atoms with Gasteiger partial charge in [0.1, 0.15) is 17.3 Å². The number of aromatic nitrogens is 4. The van der Waals surface area contributed by atoms with Gasteiger partial charge in [-0.1, -0.05) is 18.2 Å². The quantitative estimate of drug-likeness (QED) is 0.800. The first-order chi connectivity index (χ1) is 11.8. The van der Waals surface area contributed by atoms with Gasteiger partial charge in [-0.05, 0) is 30.2 Å². The second-order valence-corrected chi connectivity index (χ2v) is 6.04. The van der Waals surface area contributed by atoms with Gasteiger partial charge in [-0.15, -0.1) is 10.2 Å². The van der Waals surface area contributed by atoms with Crippen LogP contribution in [0.2, 0.25) is 0 Å². The number of benzene rings is 1. The van der Waals surface area contributed by atoms with E-state index in [1.807, 2.05) is 42.1 Å². The minimum Gasteiger partial charge on any atom is -0.493 e. The van der Waals surface area contributed by atoms with Gasteiger partial charge < -0.3 is 14.6 Å². The van der Waals surface area contributed by atoms with E-state index in [-0.39, 0.29) is 0 Å². The van der Waals surface area contributed by atoms with E-state index in [1.165, 1.54) is 5.56 Å². The molecule has 0 bridgehead atoms. The van der Waals surface area contributed by atoms with Crippen molar-refractivity contribution in [1.82, 2.24) is 19.7 Å². The predicted molar refractivity (Wildman–Crippen MR) is 91.9 cm³/mol. The normalized spacial score (nSPS) is 16.3. The van der Waals surface area contributed by atoms with Crippen molar-refractivity contribution in [1.29, 1.82) is 0 Å². The molecule has 1 aliphatic rings. The smallest absolute Gasteiger partial charge is 0.160 e. The van der Waals surface area contributed by atoms with E-state index in [2.05, 4.69) is 32.6 Å². The van der Waals surface area contributed by atoms with E-state index in [4.69, 9.17) is 4.74 Å². The number of aryl methyl sites for hydroxylation is 1. The van der Waals surface area contributed by atoms with Crippen LogP contribution in [0.1, 0.15) is 5.56 Å². The highest BCUT2D eigenvalue weighted by Crippen LogP contribution is 2.26. The summed E-state index contributed by atoms with van der Waals surface area (Å²) in [7, 11) is 1.94. The van der Waals surface area contributed by atoms with Gasteiger partial charge in [0.05, 0.1) is 6.61 Å². The van der Waals surface area contributed by atoms with Crippen LogP contribution < -0.4 is 10.1 Å². The van der Waals surface area contributed by atoms with Crippen LogP contribution in [-0.4, -0.2) is 32.9 Å². The second-order valence-electron chi connectivity index (χ2n) is 6.04. The summed E-state index contributed by atoms with van der Waals surface area (Å²) in [5.74, 6) is 3.02. The van der Waals surface area contributed by atoms with Crippen molar-refractivity contribution in [2.45, 2.75) is 6.42 Å². The van der Waals surface area contributed by atoms with Gasteiger partial charge in [-0.3, -0.25) is 0 Å². The number of para-hydroxylation sites is 1. The fraction of sp³-hybridized carbons (Fsp3) is 0.278. The molecule has 2 aromatic heterocycles. The molecule has 0 spiro atoms. The Kier molecular flexibility index (Phi) is 3.86. The van der Waals surface area contributed by atoms with Crippen LogP contribution in [0, 0.1) is 5.92 Å². The van der Waals surface area contributed by atoms with Crippen molar-refractivity contribution < 1.29 is 4.74 Å². The van der Waals surface area contributed by atoms with Crippen molar-refractivity contribution in [2.24, 2.45) is 13.0 Å². The van der Waals surface area contributed by atoms with Crippen LogP contribution >= 0.6 is 0 Å². The van der Waals surface area contributed by atoms with Crippen LogP contribution in [0.25, 0.3) is 11.5 Å². The Labute approximate surface area is 140 Å². The highest BCUT2D eigenvalue weighted by atomic mass is 16.5. The molecule has 122 valence electrons. The Morgan fingerprint density at radius 3 is 2.92 bits per heavy atom. The Bertz CT molecular complexity index is 827. The van der Waals surface area contributed by atoms with E-state index in [0.717, 1.165) is 42.7 Å². The van der Waals surface area contributed by atoms with Crippen molar-refractivity contribution in [3.05, 3.63) is 54.4 Å². The maximum atomic E-state index is 5.82. The lowest BCUT2D eigenvalue weighted by Crippen LogP contribution is -2.27. The lowest BCUT2D eigenvalue weighted by Gasteiger charge is -2.25. The molecule has 3 heterocycles. The van der Waals surface area contributed by atoms with Gasteiger partial charge in [-0.25, -0.2) is 4.98 Å². The monoisotopic (exact) mass is 321 g/mol. The van der Waals surface area contributed by atoms with Gasteiger partial charge in [0, 0.05) is 31.9 Å². The molecular weight excluding hydrogens is 302 g/mol. The van der Waals surface area contributed by atoms with Gasteiger partial charge in [-0.2, -0.15) is 0 Å². The van der Waals surface area contributed by atoms with Crippen molar-refractivity contribution in [3.8, 4) is 17.3 Å². The molecule has 1 aliphatic heterocycles. The SMILES string of the molecule is Cn1ccnc1-c1ccc(NC[C@@H]2COc3ccccc3C2)nn1. The molecule has 0 unspecified atom stereocenters. The minimum absolute atomic E-state index is 0.427. The van der Waals surface area contributed by atoms with E-state index in [9.17, 15) is 0 Å². The molecule has 24 heavy (non-hydrogen) atoms. The molecule has 1 atom stereocenters. The van der Waals surface area contributed by atoms with Gasteiger partial charge in [0.2, 0.25) is 0 Å². The maximum absolute atomic E-state index is 5.82. The summed E-state index contributed by atoms with van der Waals surface area (Å²) in [5, 5.41) is 11.9. The number of hydrogen-bond donors (Lipinski definition) is 1. The lowest BCUT2D eigenvalue weighted by atomic mass is 9.97. The summed E-state index contributed by atoms with van der Waals surface area (Å²) in [6.07, 6.45) is 4.66. The molecule has 0 amide bonds. The van der Waals surface area contributed by atoms with Crippen LogP contribution in [0.15, 0.2) is 48.8 Å². The Morgan fingerprint density at radius 2 is 2.12 bits per heavy atom. The van der Waals surface area contributed by atoms with Gasteiger partial charge >= 0.3 is 0 Å². The average molecular weight is 321 g/mol. The number of nitrogens with one attached hydrogen (secondary N) is 1. The molecule has 0 saturated carbocycles. The highest BCUT2D eigenvalue weighted by molar-refractivity contribution is 5.51. The summed E-state index contributed by atoms with van der Waals surface area (Å²) in [4.78, 5) is 4.28. The van der Waals surface area contributed by atoms with Crippen LogP contribution in [0.4, 0.5) is 5.82 Å². The second kappa shape index (κ2) is 6.31. The summed E-state index contributed by atoms with van der Waals surface area (Å²) in [6.45, 7) is 1.54. The summed E-state index contributed by atoms with van der Waals surface area (Å²) >= 11 is 0. The van der Waals surface area contributed by atoms with E-state index >= 15 is 0 Å². The zero-order chi connectivity index (χ0) is 16.4. The number of ether oxygens (including phenoxy) is 1. The Hall–Kier alpha value is -2.89. The molecule has 0 radical (unpaired) electrons. The summed E-state index contributed by atoms with van der Waals surface area (Å²) < 4.78 is 7.74. The molecule has 6 nitrogen and oxygen atoms in total. The third-order valence-corrected chi connectivity index (χ3v) is 4.24. The molecule has 3 aromatic rings. The number of imidazole rings is 1. The molecule has 0 aliphatic carbocycles. The largest absolute Gasteiger partial charge is 0.493 e. The fourth-order valence-electron chi connectivity index (χ4n) is 2.93. The van der Waals surface area contributed by atoms with Crippen LogP contribution in [0.3, 0.4) is 0 Å². The van der Waals surface area contributed by atoms with E-state index in [1.54, 1.807) is 6.20 Å². The third kappa shape index (κ3) is 2.95. The number of hydrogen-bond acceptors (Lipinski definition) is 5. The van der Waals surface area contributed by atoms with Gasteiger partial charge in [0.15, 0.2) is 5.82 Å². The van der Waals surface area contributed by atoms with Gasteiger partial charge in [0.25, 0.3) is 0 Å². The average Bonchev–Trinajstić information content (AvgIpc) is 3.06. The summed E-state index contributed by atoms with van der Waals surface area (Å²) in [6, 6.07) is 12.1. The minimum atomic E-state index is 0.427. The standard InChI is InChI=1S/C18H19N5O/c1-23-9-8-19-18(23)15-6-7-17(22-21-15)20-11-13-10-14-4-2-3-5-16(14)24-12-13/h2-9,13H,10-12H2,1H3,(H,20,22)/t13-/m1/s1. The molecule has 0 fully saturated rings. The zero-order valence-corrected chi connectivity index (χ0v) is 13.5. The third-order valence-electron chi connectivity index (χ3n) is 4.24. The van der Waals surface area contributed by atoms with Crippen molar-refractivity contribution in [3.63, 3.8) is 0 Å². The van der Waals surface area contributed by atoms with Crippen LogP contribution in [0.5, 0.6) is 5.75 Å². The maximum Gasteiger partial charge on any atom is 0.160 e. The number of nitrogens with zero attached hydrogens (tertiary/aromatic N) is 4. The number of rotatable bonds is 4. The van der Waals surface area contributed by atoms with E-state index < -0.39 is 0 Å². The molecular formula is C18H19N5O. The first-order valence-corrected chi connectivity index (χ1v) is 8.05. The molecule has 6 heteroatoms. The lowest BCUT2D eigenvalue weighted by molar-refractivity contribution is 0.229. The molecule has 1 N–H and O–H groups in total. The number of anilines is 1. The predicted octanol–water partition coefficient (Wildman–Crippen LogP) is 2.54. The van der Waals surface area contributed by atoms with E-state index in [0.29, 0.717) is 5.92 Å². The van der Waals surface area contributed by atoms with Crippen LogP contribution in [-0.2, 0) is 13.5 Å². The first kappa shape index (κ1) is 14.7. The van der Waals surface area contributed by atoms with Crippen molar-refractivity contribution in [2.75, 3.05) is 18.5 Å².